The van der Waals surface area contributed by atoms with Gasteiger partial charge in [-0.1, -0.05) is 263 Å². The van der Waals surface area contributed by atoms with Gasteiger partial charge in [0.15, 0.2) is 0 Å². The van der Waals surface area contributed by atoms with E-state index in [9.17, 15) is 19.0 Å². The quantitative estimate of drug-likeness (QED) is 0.0205. The number of phosphoric acid groups is 1. The van der Waals surface area contributed by atoms with Gasteiger partial charge in [-0.15, -0.1) is 0 Å². The minimum absolute atomic E-state index is 0.0416. The van der Waals surface area contributed by atoms with E-state index in [-0.39, 0.29) is 31.5 Å². The molecule has 0 saturated carbocycles. The van der Waals surface area contributed by atoms with Gasteiger partial charge in [-0.3, -0.25) is 18.6 Å². The number of carbonyl (C=O) groups excluding carboxylic acids is 2. The zero-order chi connectivity index (χ0) is 55.7. The Bertz CT molecular complexity index is 1400. The Morgan fingerprint density at radius 2 is 0.763 bits per heavy atom. The Morgan fingerprint density at radius 3 is 1.13 bits per heavy atom. The molecule has 3 unspecified atom stereocenters. The van der Waals surface area contributed by atoms with Crippen LogP contribution < -0.4 is 5.32 Å². The van der Waals surface area contributed by atoms with Crippen molar-refractivity contribution < 1.29 is 37.3 Å². The first-order chi connectivity index (χ1) is 36.9. The van der Waals surface area contributed by atoms with Crippen molar-refractivity contribution in [1.29, 1.82) is 0 Å². The van der Waals surface area contributed by atoms with Crippen molar-refractivity contribution in [3.63, 3.8) is 0 Å². The van der Waals surface area contributed by atoms with Gasteiger partial charge in [0.05, 0.1) is 33.8 Å². The van der Waals surface area contributed by atoms with Gasteiger partial charge >= 0.3 is 13.8 Å². The predicted molar refractivity (Wildman–Crippen MR) is 328 cm³/mol. The molecule has 0 fully saturated rings. The molecule has 0 rings (SSSR count). The van der Waals surface area contributed by atoms with Crippen LogP contribution in [-0.2, 0) is 27.9 Å². The fourth-order valence-corrected chi connectivity index (χ4v) is 10.4. The number of phosphoric ester groups is 1. The maximum atomic E-state index is 13.6. The number of hydrogen-bond donors (Lipinski definition) is 2. The zero-order valence-electron chi connectivity index (χ0n) is 51.3. The number of carbonyl (C=O) groups is 2. The average molecular weight is 1090 g/mol. The van der Waals surface area contributed by atoms with Crippen LogP contribution in [0.25, 0.3) is 0 Å². The summed E-state index contributed by atoms with van der Waals surface area (Å²) in [6.45, 7) is 7.03. The maximum absolute atomic E-state index is 13.6. The van der Waals surface area contributed by atoms with E-state index < -0.39 is 20.0 Å². The topological polar surface area (TPSA) is 111 Å². The Morgan fingerprint density at radius 1 is 0.447 bits per heavy atom. The minimum atomic E-state index is -4.45. The molecule has 0 aliphatic carbocycles. The monoisotopic (exact) mass is 1090 g/mol. The highest BCUT2D eigenvalue weighted by atomic mass is 31.2. The second-order valence-corrected chi connectivity index (χ2v) is 25.1. The molecular weight excluding hydrogens is 964 g/mol. The van der Waals surface area contributed by atoms with E-state index in [2.05, 4.69) is 50.4 Å². The fourth-order valence-electron chi connectivity index (χ4n) is 9.70. The Balaban J connectivity index is 5.12. The lowest BCUT2D eigenvalue weighted by Gasteiger charge is -2.27. The van der Waals surface area contributed by atoms with Crippen LogP contribution in [0, 0.1) is 0 Å². The third-order valence-electron chi connectivity index (χ3n) is 14.8. The van der Waals surface area contributed by atoms with Crippen molar-refractivity contribution >= 4 is 19.7 Å². The van der Waals surface area contributed by atoms with E-state index in [1.807, 2.05) is 33.3 Å². The predicted octanol–water partition coefficient (Wildman–Crippen LogP) is 20.3. The van der Waals surface area contributed by atoms with E-state index >= 15 is 0 Å². The van der Waals surface area contributed by atoms with Crippen molar-refractivity contribution in [2.45, 2.75) is 335 Å². The van der Waals surface area contributed by atoms with Gasteiger partial charge in [0.1, 0.15) is 19.3 Å². The summed E-state index contributed by atoms with van der Waals surface area (Å²) in [5.41, 5.74) is 0. The summed E-state index contributed by atoms with van der Waals surface area (Å²) >= 11 is 0. The van der Waals surface area contributed by atoms with Crippen LogP contribution >= 0.6 is 7.82 Å². The summed E-state index contributed by atoms with van der Waals surface area (Å²) in [4.78, 5) is 37.7. The number of quaternary nitrogens is 1. The van der Waals surface area contributed by atoms with Crippen LogP contribution in [0.15, 0.2) is 36.5 Å². The maximum Gasteiger partial charge on any atom is 0.472 e. The Hall–Kier alpha value is -1.77. The molecule has 0 aliphatic heterocycles. The van der Waals surface area contributed by atoms with E-state index in [1.54, 1.807) is 0 Å². The summed E-state index contributed by atoms with van der Waals surface area (Å²) in [5, 5.41) is 3.07. The van der Waals surface area contributed by atoms with E-state index in [1.165, 1.54) is 231 Å². The fraction of sp³-hybridized carbons (Fsp3) is 0.879. The highest BCUT2D eigenvalue weighted by molar-refractivity contribution is 7.47. The standard InChI is InChI=1S/C66H127N2O7P/c1-7-10-13-16-19-22-25-28-30-31-32-33-34-35-36-37-39-40-43-46-49-52-55-58-65(69)67-63(62-74-76(71,72)73-61-60-68(4,5)6)64(57-54-51-48-45-42-27-24-21-18-15-12-9-3)75-66(70)59-56-53-50-47-44-41-38-29-26-23-20-17-14-11-8-2/h23,26,28,30,54,57,63-64H,7-22,24-25,27,29,31-53,55-56,58-62H2,1-6H3,(H-,67,69,71,72)/p+1/b26-23-,30-28+,57-54-. The van der Waals surface area contributed by atoms with Crippen molar-refractivity contribution in [1.82, 2.24) is 5.32 Å². The van der Waals surface area contributed by atoms with E-state index in [4.69, 9.17) is 13.8 Å². The van der Waals surface area contributed by atoms with Gasteiger partial charge in [-0.05, 0) is 83.1 Å². The summed E-state index contributed by atoms with van der Waals surface area (Å²) in [6, 6.07) is -0.847. The SMILES string of the molecule is CCCCCC/C=C\CCCCCCCCCC(=O)OC(/C=C\CCCCCCCCCCCC)C(COP(=O)(O)OCC[N+](C)(C)C)NC(=O)CCCCCCCCCCCCCCC/C=C/CCCCCCCC. The number of nitrogens with one attached hydrogen (secondary N) is 1. The summed E-state index contributed by atoms with van der Waals surface area (Å²) in [5.74, 6) is -0.497. The van der Waals surface area contributed by atoms with Crippen LogP contribution in [0.1, 0.15) is 323 Å². The number of nitrogens with zero attached hydrogens (tertiary/aromatic N) is 1. The van der Waals surface area contributed by atoms with Gasteiger partial charge in [0, 0.05) is 12.8 Å². The lowest BCUT2D eigenvalue weighted by atomic mass is 10.0. The molecule has 0 aromatic carbocycles. The number of amides is 1. The van der Waals surface area contributed by atoms with Crippen LogP contribution in [0.5, 0.6) is 0 Å². The third kappa shape index (κ3) is 56.9. The van der Waals surface area contributed by atoms with Crippen molar-refractivity contribution in [2.24, 2.45) is 0 Å². The molecule has 0 spiro atoms. The molecule has 0 bridgehead atoms. The van der Waals surface area contributed by atoms with Crippen molar-refractivity contribution in [3.8, 4) is 0 Å². The van der Waals surface area contributed by atoms with Crippen molar-refractivity contribution in [3.05, 3.63) is 36.5 Å². The molecule has 2 N–H and O–H groups in total. The first-order valence-electron chi connectivity index (χ1n) is 32.8. The van der Waals surface area contributed by atoms with Crippen LogP contribution in [0.2, 0.25) is 0 Å². The first-order valence-corrected chi connectivity index (χ1v) is 34.3. The molecule has 10 heteroatoms. The number of unbranched alkanes of at least 4 members (excludes halogenated alkanes) is 40. The molecule has 0 aromatic heterocycles. The highest BCUT2D eigenvalue weighted by Crippen LogP contribution is 2.43. The lowest BCUT2D eigenvalue weighted by Crippen LogP contribution is -2.47. The molecule has 0 aliphatic rings. The number of likely N-dealkylation sites (N-methyl/N-ethyl adjacent to an activating group) is 1. The second-order valence-electron chi connectivity index (χ2n) is 23.6. The molecular formula is C66H128N2O7P+. The number of ether oxygens (including phenoxy) is 1. The van der Waals surface area contributed by atoms with E-state index in [0.29, 0.717) is 17.4 Å². The van der Waals surface area contributed by atoms with E-state index in [0.717, 1.165) is 57.8 Å². The molecule has 9 nitrogen and oxygen atoms in total. The molecule has 3 atom stereocenters. The van der Waals surface area contributed by atoms with Crippen LogP contribution in [0.3, 0.4) is 0 Å². The smallest absolute Gasteiger partial charge is 0.456 e. The van der Waals surface area contributed by atoms with Gasteiger partial charge < -0.3 is 19.4 Å². The normalized spacial score (nSPS) is 13.8. The summed E-state index contributed by atoms with van der Waals surface area (Å²) in [6.07, 6.45) is 68.6. The van der Waals surface area contributed by atoms with Crippen molar-refractivity contribution in [2.75, 3.05) is 40.9 Å². The molecule has 0 aromatic rings. The number of rotatable bonds is 60. The molecule has 448 valence electrons. The third-order valence-corrected chi connectivity index (χ3v) is 15.8. The Kier molecular flexibility index (Phi) is 55.2. The van der Waals surface area contributed by atoms with Gasteiger partial charge in [0.25, 0.3) is 0 Å². The molecule has 0 saturated heterocycles. The summed E-state index contributed by atoms with van der Waals surface area (Å²) in [7, 11) is 1.51. The molecule has 1 amide bonds. The first kappa shape index (κ1) is 74.2. The summed E-state index contributed by atoms with van der Waals surface area (Å²) < 4.78 is 30.7. The average Bonchev–Trinajstić information content (AvgIpc) is 3.38. The largest absolute Gasteiger partial charge is 0.472 e. The molecule has 0 heterocycles. The van der Waals surface area contributed by atoms with Crippen LogP contribution in [-0.4, -0.2) is 74.3 Å². The van der Waals surface area contributed by atoms with Crippen LogP contribution in [0.4, 0.5) is 0 Å². The van der Waals surface area contributed by atoms with Gasteiger partial charge in [0.2, 0.25) is 5.91 Å². The second kappa shape index (κ2) is 56.5. The van der Waals surface area contributed by atoms with Gasteiger partial charge in [-0.2, -0.15) is 0 Å². The minimum Gasteiger partial charge on any atom is -0.456 e. The number of allylic oxidation sites excluding steroid dienone is 5. The Labute approximate surface area is 472 Å². The lowest BCUT2D eigenvalue weighted by molar-refractivity contribution is -0.870. The van der Waals surface area contributed by atoms with Gasteiger partial charge in [-0.25, -0.2) is 4.57 Å². The highest BCUT2D eigenvalue weighted by Gasteiger charge is 2.30. The molecule has 0 radical (unpaired) electrons. The number of hydrogen-bond acceptors (Lipinski definition) is 6. The zero-order valence-corrected chi connectivity index (χ0v) is 52.2. The molecule has 76 heavy (non-hydrogen) atoms. The number of esters is 1.